The molecule has 11 nitrogen and oxygen atoms in total. The molecule has 0 spiro atoms. The number of amides is 2. The molecule has 0 bridgehead atoms. The molecule has 2 aromatic carbocycles. The second-order valence-electron chi connectivity index (χ2n) is 11.4. The Bertz CT molecular complexity index is 1400. The summed E-state index contributed by atoms with van der Waals surface area (Å²) < 4.78 is 16.5. The fourth-order valence-electron chi connectivity index (χ4n) is 4.49. The predicted molar refractivity (Wildman–Crippen MR) is 158 cm³/mol. The Morgan fingerprint density at radius 2 is 1.56 bits per heavy atom. The zero-order chi connectivity index (χ0) is 31.5. The lowest BCUT2D eigenvalue weighted by Crippen LogP contribution is -2.73. The van der Waals surface area contributed by atoms with Crippen molar-refractivity contribution in [3.8, 4) is 0 Å². The summed E-state index contributed by atoms with van der Waals surface area (Å²) >= 11 is 1.26. The van der Waals surface area contributed by atoms with Gasteiger partial charge >= 0.3 is 17.9 Å². The maximum Gasteiger partial charge on any atom is 0.356 e. The predicted octanol–water partition coefficient (Wildman–Crippen LogP) is 2.60. The molecule has 12 heteroatoms. The highest BCUT2D eigenvalue weighted by Crippen LogP contribution is 2.42. The van der Waals surface area contributed by atoms with Crippen molar-refractivity contribution in [1.29, 1.82) is 0 Å². The van der Waals surface area contributed by atoms with E-state index in [2.05, 4.69) is 5.32 Å². The first-order valence-corrected chi connectivity index (χ1v) is 14.7. The van der Waals surface area contributed by atoms with Gasteiger partial charge in [0, 0.05) is 18.2 Å². The van der Waals surface area contributed by atoms with Crippen molar-refractivity contribution in [2.24, 2.45) is 5.73 Å². The SMILES string of the molecule is CC(=O)OCC1=C(C(=O)OC(c2ccccc2)c2ccccc2)N2C(=O)[C@@H](NC(=O)[C@@](C)(N)C(=O)OC(C)(C)C)[C@H]2SC1. The quantitative estimate of drug-likeness (QED) is 0.188. The monoisotopic (exact) mass is 609 g/mol. The number of nitrogens with two attached hydrogens (primary N) is 1. The highest BCUT2D eigenvalue weighted by molar-refractivity contribution is 8.00. The molecule has 1 saturated heterocycles. The molecule has 0 aliphatic carbocycles. The molecule has 0 unspecified atom stereocenters. The van der Waals surface area contributed by atoms with Crippen molar-refractivity contribution < 1.29 is 38.2 Å². The number of esters is 3. The van der Waals surface area contributed by atoms with Crippen LogP contribution < -0.4 is 11.1 Å². The number of carbonyl (C=O) groups is 5. The number of fused-ring (bicyclic) bond motifs is 1. The van der Waals surface area contributed by atoms with Crippen LogP contribution in [0.3, 0.4) is 0 Å². The average Bonchev–Trinajstić information content (AvgIpc) is 2.96. The zero-order valence-corrected chi connectivity index (χ0v) is 25.4. The maximum absolute atomic E-state index is 13.9. The van der Waals surface area contributed by atoms with Crippen LogP contribution in [0.2, 0.25) is 0 Å². The van der Waals surface area contributed by atoms with Crippen LogP contribution in [-0.2, 0) is 38.2 Å². The van der Waals surface area contributed by atoms with E-state index in [4.69, 9.17) is 19.9 Å². The van der Waals surface area contributed by atoms with E-state index in [1.807, 2.05) is 60.7 Å². The van der Waals surface area contributed by atoms with Gasteiger partial charge in [0.1, 0.15) is 29.3 Å². The van der Waals surface area contributed by atoms with E-state index in [0.717, 1.165) is 11.1 Å². The molecule has 2 aliphatic heterocycles. The third kappa shape index (κ3) is 7.08. The van der Waals surface area contributed by atoms with E-state index in [9.17, 15) is 24.0 Å². The van der Waals surface area contributed by atoms with Crippen LogP contribution in [0.4, 0.5) is 0 Å². The molecule has 2 aliphatic rings. The minimum Gasteiger partial charge on any atom is -0.461 e. The fourth-order valence-corrected chi connectivity index (χ4v) is 5.81. The fraction of sp³-hybridized carbons (Fsp3) is 0.387. The van der Waals surface area contributed by atoms with Gasteiger partial charge in [-0.1, -0.05) is 60.7 Å². The smallest absolute Gasteiger partial charge is 0.356 e. The molecule has 2 amide bonds. The van der Waals surface area contributed by atoms with Gasteiger partial charge < -0.3 is 25.3 Å². The van der Waals surface area contributed by atoms with E-state index in [-0.39, 0.29) is 18.1 Å². The number of thioether (sulfide) groups is 1. The van der Waals surface area contributed by atoms with E-state index in [1.165, 1.54) is 30.5 Å². The first kappa shape index (κ1) is 31.8. The van der Waals surface area contributed by atoms with Gasteiger partial charge in [-0.15, -0.1) is 11.8 Å². The van der Waals surface area contributed by atoms with Crippen LogP contribution in [0, 0.1) is 0 Å². The van der Waals surface area contributed by atoms with E-state index >= 15 is 0 Å². The summed E-state index contributed by atoms with van der Waals surface area (Å²) in [5, 5.41) is 1.86. The lowest BCUT2D eigenvalue weighted by Gasteiger charge is -2.50. The van der Waals surface area contributed by atoms with Gasteiger partial charge in [-0.2, -0.15) is 0 Å². The number of nitrogens with zero attached hydrogens (tertiary/aromatic N) is 1. The summed E-state index contributed by atoms with van der Waals surface area (Å²) in [6.07, 6.45) is -0.788. The number of carbonyl (C=O) groups excluding carboxylic acids is 5. The van der Waals surface area contributed by atoms with Crippen LogP contribution in [0.15, 0.2) is 71.9 Å². The van der Waals surface area contributed by atoms with Gasteiger partial charge in [0.05, 0.1) is 0 Å². The van der Waals surface area contributed by atoms with Gasteiger partial charge in [-0.25, -0.2) is 9.59 Å². The second-order valence-corrected chi connectivity index (χ2v) is 12.5. The van der Waals surface area contributed by atoms with Crippen molar-refractivity contribution in [2.75, 3.05) is 12.4 Å². The summed E-state index contributed by atoms with van der Waals surface area (Å²) in [5.41, 5.74) is 4.85. The summed E-state index contributed by atoms with van der Waals surface area (Å²) in [7, 11) is 0. The van der Waals surface area contributed by atoms with Gasteiger partial charge in [0.2, 0.25) is 0 Å². The van der Waals surface area contributed by atoms with E-state index < -0.39 is 58.4 Å². The summed E-state index contributed by atoms with van der Waals surface area (Å²) in [4.78, 5) is 65.8. The molecule has 0 radical (unpaired) electrons. The number of nitrogens with one attached hydrogen (secondary N) is 1. The van der Waals surface area contributed by atoms with Crippen molar-refractivity contribution in [3.63, 3.8) is 0 Å². The molecule has 43 heavy (non-hydrogen) atoms. The first-order valence-electron chi connectivity index (χ1n) is 13.6. The molecular weight excluding hydrogens is 574 g/mol. The topological polar surface area (TPSA) is 154 Å². The number of ether oxygens (including phenoxy) is 3. The molecule has 1 fully saturated rings. The molecule has 3 atom stereocenters. The number of hydrogen-bond acceptors (Lipinski definition) is 10. The molecule has 2 aromatic rings. The first-order chi connectivity index (χ1) is 20.2. The van der Waals surface area contributed by atoms with Crippen LogP contribution >= 0.6 is 11.8 Å². The Kier molecular flexibility index (Phi) is 9.31. The molecule has 228 valence electrons. The van der Waals surface area contributed by atoms with Gasteiger partial charge in [-0.05, 0) is 38.8 Å². The van der Waals surface area contributed by atoms with Crippen LogP contribution in [-0.4, -0.2) is 69.5 Å². The molecule has 4 rings (SSSR count). The van der Waals surface area contributed by atoms with E-state index in [1.54, 1.807) is 20.8 Å². The Morgan fingerprint density at radius 3 is 2.07 bits per heavy atom. The van der Waals surface area contributed by atoms with Crippen LogP contribution in [0.25, 0.3) is 0 Å². The zero-order valence-electron chi connectivity index (χ0n) is 24.6. The normalized spacial score (nSPS) is 19.5. The summed E-state index contributed by atoms with van der Waals surface area (Å²) in [6, 6.07) is 17.2. The van der Waals surface area contributed by atoms with Crippen LogP contribution in [0.5, 0.6) is 0 Å². The molecule has 0 aromatic heterocycles. The Balaban J connectivity index is 1.60. The Morgan fingerprint density at radius 1 is 1.00 bits per heavy atom. The Hall–Kier alpha value is -4.16. The van der Waals surface area contributed by atoms with Gasteiger partial charge in [-0.3, -0.25) is 19.3 Å². The second kappa shape index (κ2) is 12.6. The number of rotatable bonds is 9. The highest BCUT2D eigenvalue weighted by atomic mass is 32.2. The molecular formula is C31H35N3O8S. The summed E-state index contributed by atoms with van der Waals surface area (Å²) in [5.74, 6) is -3.57. The Labute approximate surface area is 254 Å². The molecule has 0 saturated carbocycles. The lowest BCUT2D eigenvalue weighted by molar-refractivity contribution is -0.165. The van der Waals surface area contributed by atoms with Crippen molar-refractivity contribution in [1.82, 2.24) is 10.2 Å². The number of hydrogen-bond donors (Lipinski definition) is 2. The van der Waals surface area contributed by atoms with Crippen molar-refractivity contribution in [2.45, 2.75) is 63.3 Å². The summed E-state index contributed by atoms with van der Waals surface area (Å²) in [6.45, 7) is 7.16. The highest BCUT2D eigenvalue weighted by Gasteiger charge is 2.56. The standard InChI is InChI=1S/C31H35N3O8S/c1-18(35)40-16-21-17-43-26-22(33-28(38)31(5,32)29(39)42-30(2,3)4)25(36)34(26)23(21)27(37)41-24(19-12-8-6-9-13-19)20-14-10-7-11-15-20/h6-15,22,24,26H,16-17,32H2,1-5H3,(H,33,38)/t22-,26-,31-/m1/s1. The van der Waals surface area contributed by atoms with E-state index in [0.29, 0.717) is 5.57 Å². The van der Waals surface area contributed by atoms with Crippen molar-refractivity contribution in [3.05, 3.63) is 83.1 Å². The largest absolute Gasteiger partial charge is 0.461 e. The lowest BCUT2D eigenvalue weighted by atomic mass is 9.98. The minimum atomic E-state index is -2.07. The van der Waals surface area contributed by atoms with Crippen LogP contribution in [0.1, 0.15) is 51.8 Å². The third-order valence-electron chi connectivity index (χ3n) is 6.70. The molecule has 3 N–H and O–H groups in total. The van der Waals surface area contributed by atoms with Gasteiger partial charge in [0.25, 0.3) is 11.8 Å². The average molecular weight is 610 g/mol. The van der Waals surface area contributed by atoms with Crippen molar-refractivity contribution >= 4 is 41.5 Å². The molecule has 2 heterocycles. The minimum absolute atomic E-state index is 0.0555. The number of benzene rings is 2. The maximum atomic E-state index is 13.9. The third-order valence-corrected chi connectivity index (χ3v) is 8.04. The van der Waals surface area contributed by atoms with Gasteiger partial charge in [0.15, 0.2) is 11.6 Å². The number of β-lactam (4-membered cyclic amide) rings is 1.